The molecule has 0 aliphatic rings. The van der Waals surface area contributed by atoms with Crippen molar-refractivity contribution in [3.63, 3.8) is 0 Å². The number of methoxy groups -OCH3 is 1. The summed E-state index contributed by atoms with van der Waals surface area (Å²) in [6, 6.07) is 4.55. The van der Waals surface area contributed by atoms with E-state index in [-0.39, 0.29) is 5.82 Å². The number of ether oxygens (including phenoxy) is 1. The van der Waals surface area contributed by atoms with E-state index >= 15 is 0 Å². The summed E-state index contributed by atoms with van der Waals surface area (Å²) >= 11 is 2.05. The summed E-state index contributed by atoms with van der Waals surface area (Å²) in [5.41, 5.74) is 7.85. The van der Waals surface area contributed by atoms with E-state index < -0.39 is 0 Å². The number of nitrogen functional groups attached to an aromatic ring is 1. The summed E-state index contributed by atoms with van der Waals surface area (Å²) < 4.78 is 19.0. The topological polar surface area (TPSA) is 48.1 Å². The zero-order chi connectivity index (χ0) is 11.7. The van der Waals surface area contributed by atoms with Gasteiger partial charge in [-0.1, -0.05) is 0 Å². The lowest BCUT2D eigenvalue weighted by Gasteiger charge is -2.07. The molecule has 0 spiro atoms. The van der Waals surface area contributed by atoms with Crippen LogP contribution in [0.25, 0.3) is 10.9 Å². The number of fused-ring (bicyclic) bond motifs is 1. The predicted molar refractivity (Wildman–Crippen MR) is 69.5 cm³/mol. The second-order valence-corrected chi connectivity index (χ2v) is 4.58. The monoisotopic (exact) mass is 332 g/mol. The molecule has 16 heavy (non-hydrogen) atoms. The fourth-order valence-corrected chi connectivity index (χ4v) is 2.26. The molecule has 0 radical (unpaired) electrons. The fourth-order valence-electron chi connectivity index (χ4n) is 1.55. The third-order valence-corrected chi connectivity index (χ3v) is 3.03. The number of pyridine rings is 1. The van der Waals surface area contributed by atoms with Gasteiger partial charge in [0, 0.05) is 21.8 Å². The fraction of sp³-hybridized carbons (Fsp3) is 0.182. The van der Waals surface area contributed by atoms with Gasteiger partial charge in [-0.25, -0.2) is 9.37 Å². The first-order valence-electron chi connectivity index (χ1n) is 4.65. The maximum absolute atomic E-state index is 13.2. The molecule has 84 valence electrons. The van der Waals surface area contributed by atoms with Gasteiger partial charge in [0.15, 0.2) is 0 Å². The molecule has 2 N–H and O–H groups in total. The van der Waals surface area contributed by atoms with Crippen molar-refractivity contribution in [3.8, 4) is 0 Å². The summed E-state index contributed by atoms with van der Waals surface area (Å²) in [5.74, 6) is -0.301. The van der Waals surface area contributed by atoms with Gasteiger partial charge in [0.1, 0.15) is 5.82 Å². The quantitative estimate of drug-likeness (QED) is 0.861. The molecule has 1 aromatic carbocycles. The Morgan fingerprint density at radius 2 is 2.19 bits per heavy atom. The van der Waals surface area contributed by atoms with Crippen LogP contribution in [0.3, 0.4) is 0 Å². The molecule has 0 aliphatic heterocycles. The van der Waals surface area contributed by atoms with Gasteiger partial charge in [0.05, 0.1) is 17.8 Å². The van der Waals surface area contributed by atoms with Crippen molar-refractivity contribution in [2.24, 2.45) is 0 Å². The number of rotatable bonds is 2. The van der Waals surface area contributed by atoms with Crippen LogP contribution < -0.4 is 5.73 Å². The van der Waals surface area contributed by atoms with Crippen LogP contribution in [0.2, 0.25) is 0 Å². The van der Waals surface area contributed by atoms with Gasteiger partial charge in [-0.05, 0) is 40.8 Å². The van der Waals surface area contributed by atoms with Gasteiger partial charge in [0.2, 0.25) is 0 Å². The van der Waals surface area contributed by atoms with Crippen LogP contribution in [0.4, 0.5) is 10.1 Å². The summed E-state index contributed by atoms with van der Waals surface area (Å²) in [6.07, 6.45) is 0. The van der Waals surface area contributed by atoms with Gasteiger partial charge in [0.25, 0.3) is 0 Å². The summed E-state index contributed by atoms with van der Waals surface area (Å²) in [4.78, 5) is 4.39. The highest BCUT2D eigenvalue weighted by atomic mass is 127. The van der Waals surface area contributed by atoms with E-state index in [2.05, 4.69) is 4.98 Å². The predicted octanol–water partition coefficient (Wildman–Crippen LogP) is 2.71. The van der Waals surface area contributed by atoms with Crippen molar-refractivity contribution in [1.29, 1.82) is 0 Å². The first kappa shape index (κ1) is 11.5. The highest BCUT2D eigenvalue weighted by Crippen LogP contribution is 2.26. The number of hydrogen-bond acceptors (Lipinski definition) is 3. The largest absolute Gasteiger partial charge is 0.398 e. The molecule has 5 heteroatoms. The molecule has 0 saturated heterocycles. The van der Waals surface area contributed by atoms with E-state index in [0.717, 1.165) is 9.26 Å². The lowest BCUT2D eigenvalue weighted by molar-refractivity contribution is 0.182. The normalized spacial score (nSPS) is 10.9. The molecule has 2 rings (SSSR count). The molecule has 1 heterocycles. The lowest BCUT2D eigenvalue weighted by atomic mass is 10.1. The summed E-state index contributed by atoms with van der Waals surface area (Å²) in [6.45, 7) is 0.396. The van der Waals surface area contributed by atoms with Crippen LogP contribution in [-0.4, -0.2) is 12.1 Å². The third-order valence-electron chi connectivity index (χ3n) is 2.21. The van der Waals surface area contributed by atoms with Crippen LogP contribution >= 0.6 is 22.6 Å². The molecule has 0 amide bonds. The number of halogens is 2. The number of nitrogens with zero attached hydrogens (tertiary/aromatic N) is 1. The van der Waals surface area contributed by atoms with Gasteiger partial charge >= 0.3 is 0 Å². The second-order valence-electron chi connectivity index (χ2n) is 3.42. The zero-order valence-corrected chi connectivity index (χ0v) is 10.8. The Morgan fingerprint density at radius 1 is 1.44 bits per heavy atom. The highest BCUT2D eigenvalue weighted by Gasteiger charge is 2.08. The van der Waals surface area contributed by atoms with Crippen molar-refractivity contribution < 1.29 is 9.13 Å². The smallest absolute Gasteiger partial charge is 0.125 e. The van der Waals surface area contributed by atoms with Crippen LogP contribution in [0, 0.1) is 9.39 Å². The highest BCUT2D eigenvalue weighted by molar-refractivity contribution is 14.1. The second kappa shape index (κ2) is 4.50. The Hall–Kier alpha value is -0.950. The van der Waals surface area contributed by atoms with Crippen molar-refractivity contribution in [2.75, 3.05) is 12.8 Å². The maximum Gasteiger partial charge on any atom is 0.125 e. The minimum absolute atomic E-state index is 0.301. The SMILES string of the molecule is COCc1cc(N)c2cc(F)cc(I)c2n1. The molecular weight excluding hydrogens is 322 g/mol. The number of hydrogen-bond donors (Lipinski definition) is 1. The Kier molecular flexibility index (Phi) is 3.25. The number of anilines is 1. The van der Waals surface area contributed by atoms with Crippen molar-refractivity contribution in [2.45, 2.75) is 6.61 Å². The molecule has 0 fully saturated rings. The lowest BCUT2D eigenvalue weighted by Crippen LogP contribution is -1.99. The summed E-state index contributed by atoms with van der Waals surface area (Å²) in [5, 5.41) is 0.643. The molecule has 1 aromatic heterocycles. The molecule has 0 bridgehead atoms. The van der Waals surface area contributed by atoms with E-state index in [1.165, 1.54) is 12.1 Å². The molecule has 0 unspecified atom stereocenters. The third kappa shape index (κ3) is 2.10. The minimum Gasteiger partial charge on any atom is -0.398 e. The average Bonchev–Trinajstić information content (AvgIpc) is 2.20. The van der Waals surface area contributed by atoms with E-state index in [4.69, 9.17) is 10.5 Å². The zero-order valence-electron chi connectivity index (χ0n) is 8.63. The molecule has 3 nitrogen and oxygen atoms in total. The number of benzene rings is 1. The van der Waals surface area contributed by atoms with E-state index in [1.54, 1.807) is 13.2 Å². The van der Waals surface area contributed by atoms with E-state index in [0.29, 0.717) is 23.2 Å². The van der Waals surface area contributed by atoms with Gasteiger partial charge < -0.3 is 10.5 Å². The summed E-state index contributed by atoms with van der Waals surface area (Å²) in [7, 11) is 1.59. The number of nitrogens with two attached hydrogens (primary N) is 1. The first-order valence-corrected chi connectivity index (χ1v) is 5.73. The van der Waals surface area contributed by atoms with Gasteiger partial charge in [-0.15, -0.1) is 0 Å². The van der Waals surface area contributed by atoms with Gasteiger partial charge in [-0.3, -0.25) is 0 Å². The van der Waals surface area contributed by atoms with Gasteiger partial charge in [-0.2, -0.15) is 0 Å². The van der Waals surface area contributed by atoms with Crippen molar-refractivity contribution in [1.82, 2.24) is 4.98 Å². The molecular formula is C11H10FIN2O. The first-order chi connectivity index (χ1) is 7.61. The van der Waals surface area contributed by atoms with Crippen molar-refractivity contribution >= 4 is 39.2 Å². The Labute approximate surface area is 106 Å². The van der Waals surface area contributed by atoms with E-state index in [9.17, 15) is 4.39 Å². The van der Waals surface area contributed by atoms with Crippen LogP contribution in [0.15, 0.2) is 18.2 Å². The Bertz CT molecular complexity index is 545. The number of aromatic nitrogens is 1. The minimum atomic E-state index is -0.301. The van der Waals surface area contributed by atoms with Crippen LogP contribution in [0.1, 0.15) is 5.69 Å². The van der Waals surface area contributed by atoms with E-state index in [1.807, 2.05) is 22.6 Å². The van der Waals surface area contributed by atoms with Crippen LogP contribution in [-0.2, 0) is 11.3 Å². The maximum atomic E-state index is 13.2. The molecule has 0 atom stereocenters. The Morgan fingerprint density at radius 3 is 2.88 bits per heavy atom. The molecule has 0 saturated carbocycles. The molecule has 2 aromatic rings. The average molecular weight is 332 g/mol. The van der Waals surface area contributed by atoms with Crippen LogP contribution in [0.5, 0.6) is 0 Å². The van der Waals surface area contributed by atoms with Crippen molar-refractivity contribution in [3.05, 3.63) is 33.3 Å². The standard InChI is InChI=1S/C11H10FIN2O/c1-16-5-7-4-10(14)8-2-6(12)3-9(13)11(8)15-7/h2-4H,5H2,1H3,(H2,14,15). The molecule has 0 aliphatic carbocycles. The Balaban J connectivity index is 2.71.